The Balaban J connectivity index is 2.20. The Hall–Kier alpha value is -0.740. The fourth-order valence-corrected chi connectivity index (χ4v) is 2.18. The van der Waals surface area contributed by atoms with Crippen LogP contribution in [0.15, 0.2) is 11.6 Å². The molecule has 2 heterocycles. The number of terminal acetylenes is 1. The van der Waals surface area contributed by atoms with Crippen LogP contribution in [0.4, 0.5) is 0 Å². The molecule has 11 heavy (non-hydrogen) atoms. The van der Waals surface area contributed by atoms with Crippen LogP contribution in [-0.2, 0) is 0 Å². The Labute approximate surface area is 67.9 Å². The molecule has 2 aliphatic heterocycles. The number of rotatable bonds is 0. The largest absolute Gasteiger partial charge is 0.337 e. The van der Waals surface area contributed by atoms with Gasteiger partial charge < -0.3 is 5.32 Å². The molecule has 1 saturated heterocycles. The van der Waals surface area contributed by atoms with E-state index in [-0.39, 0.29) is 0 Å². The third-order valence-electron chi connectivity index (χ3n) is 2.82. The highest BCUT2D eigenvalue weighted by molar-refractivity contribution is 5.29. The zero-order chi connectivity index (χ0) is 7.68. The Kier molecular flexibility index (Phi) is 1.71. The summed E-state index contributed by atoms with van der Waals surface area (Å²) in [6, 6.07) is 1.49. The van der Waals surface area contributed by atoms with Crippen LogP contribution in [0.3, 0.4) is 0 Å². The topological polar surface area (TPSA) is 16.6 Å². The smallest absolute Gasteiger partial charge is 0.119 e. The lowest BCUT2D eigenvalue weighted by atomic mass is 10.0. The van der Waals surface area contributed by atoms with Gasteiger partial charge in [0.25, 0.3) is 0 Å². The van der Waals surface area contributed by atoms with Gasteiger partial charge in [0.15, 0.2) is 0 Å². The van der Waals surface area contributed by atoms with Crippen molar-refractivity contribution in [3.05, 3.63) is 11.6 Å². The van der Waals surface area contributed by atoms with Crippen LogP contribution in [0.5, 0.6) is 0 Å². The van der Waals surface area contributed by atoms with Crippen molar-refractivity contribution in [2.75, 3.05) is 0 Å². The summed E-state index contributed by atoms with van der Waals surface area (Å²) in [4.78, 5) is 0. The van der Waals surface area contributed by atoms with Crippen molar-refractivity contribution < 1.29 is 5.32 Å². The van der Waals surface area contributed by atoms with Crippen molar-refractivity contribution in [2.24, 2.45) is 0 Å². The van der Waals surface area contributed by atoms with E-state index in [1.54, 1.807) is 0 Å². The number of fused-ring (bicyclic) bond motifs is 2. The van der Waals surface area contributed by atoms with Crippen LogP contribution in [0, 0.1) is 12.3 Å². The zero-order valence-electron chi connectivity index (χ0n) is 6.72. The maximum absolute atomic E-state index is 5.42. The van der Waals surface area contributed by atoms with E-state index >= 15 is 0 Å². The molecule has 0 aromatic heterocycles. The lowest BCUT2D eigenvalue weighted by Crippen LogP contribution is -2.91. The predicted octanol–water partition coefficient (Wildman–Crippen LogP) is 0.434. The molecule has 0 amide bonds. The van der Waals surface area contributed by atoms with Gasteiger partial charge in [0, 0.05) is 19.3 Å². The van der Waals surface area contributed by atoms with Gasteiger partial charge in [-0.15, -0.1) is 6.42 Å². The third-order valence-corrected chi connectivity index (χ3v) is 2.82. The molecule has 2 atom stereocenters. The maximum Gasteiger partial charge on any atom is 0.119 e. The summed E-state index contributed by atoms with van der Waals surface area (Å²) >= 11 is 0. The first-order chi connectivity index (χ1) is 5.40. The van der Waals surface area contributed by atoms with Gasteiger partial charge in [-0.25, -0.2) is 0 Å². The van der Waals surface area contributed by atoms with Crippen molar-refractivity contribution in [1.29, 1.82) is 0 Å². The molecule has 0 radical (unpaired) electrons. The molecule has 1 nitrogen and oxygen atoms in total. The second-order valence-electron chi connectivity index (χ2n) is 3.52. The molecular weight excluding hydrogens is 134 g/mol. The number of hydrogen-bond donors (Lipinski definition) is 1. The average Bonchev–Trinajstić information content (AvgIpc) is 2.33. The summed E-state index contributed by atoms with van der Waals surface area (Å²) < 4.78 is 0. The third kappa shape index (κ3) is 1.19. The molecule has 2 bridgehead atoms. The fraction of sp³-hybridized carbons (Fsp3) is 0.600. The number of nitrogens with two attached hydrogens (primary N) is 1. The summed E-state index contributed by atoms with van der Waals surface area (Å²) in [6.07, 6.45) is 12.8. The van der Waals surface area contributed by atoms with Crippen molar-refractivity contribution in [2.45, 2.75) is 37.8 Å². The second-order valence-corrected chi connectivity index (χ2v) is 3.52. The number of allylic oxidation sites excluding steroid dienone is 1. The monoisotopic (exact) mass is 148 g/mol. The first-order valence-corrected chi connectivity index (χ1v) is 4.42. The van der Waals surface area contributed by atoms with E-state index in [0.717, 1.165) is 6.04 Å². The molecule has 2 N–H and O–H groups in total. The van der Waals surface area contributed by atoms with Gasteiger partial charge in [0.1, 0.15) is 6.04 Å². The van der Waals surface area contributed by atoms with Crippen molar-refractivity contribution >= 4 is 0 Å². The zero-order valence-corrected chi connectivity index (χ0v) is 6.72. The number of hydrogen-bond acceptors (Lipinski definition) is 0. The normalized spacial score (nSPS) is 35.7. The van der Waals surface area contributed by atoms with Crippen molar-refractivity contribution in [3.63, 3.8) is 0 Å². The van der Waals surface area contributed by atoms with Gasteiger partial charge in [-0.1, -0.05) is 12.0 Å². The minimum Gasteiger partial charge on any atom is -0.337 e. The summed E-state index contributed by atoms with van der Waals surface area (Å²) in [5, 5.41) is 2.46. The van der Waals surface area contributed by atoms with E-state index in [9.17, 15) is 0 Å². The highest BCUT2D eigenvalue weighted by atomic mass is 15.0. The van der Waals surface area contributed by atoms with Crippen molar-refractivity contribution in [3.8, 4) is 12.3 Å². The first-order valence-electron chi connectivity index (χ1n) is 4.42. The van der Waals surface area contributed by atoms with Crippen molar-refractivity contribution in [1.82, 2.24) is 0 Å². The molecule has 58 valence electrons. The SMILES string of the molecule is C#CC1=CCC[C@H]2CCC1[NH2+]2. The van der Waals surface area contributed by atoms with Gasteiger partial charge in [-0.3, -0.25) is 0 Å². The standard InChI is InChI=1S/C10H13N/c1-2-8-4-3-5-9-6-7-10(8)11-9/h1,4,9-11H,3,5-7H2/p+1/t9-,10?/m0/s1. The Morgan fingerprint density at radius 3 is 3.18 bits per heavy atom. The van der Waals surface area contributed by atoms with Crippen LogP contribution in [-0.4, -0.2) is 12.1 Å². The average molecular weight is 148 g/mol. The molecule has 0 aliphatic carbocycles. The van der Waals surface area contributed by atoms with Crippen LogP contribution in [0.1, 0.15) is 25.7 Å². The lowest BCUT2D eigenvalue weighted by Gasteiger charge is -2.05. The second kappa shape index (κ2) is 2.71. The molecule has 0 saturated carbocycles. The summed E-state index contributed by atoms with van der Waals surface area (Å²) in [6.45, 7) is 0. The highest BCUT2D eigenvalue weighted by Crippen LogP contribution is 2.19. The van der Waals surface area contributed by atoms with Gasteiger partial charge in [0.05, 0.1) is 11.6 Å². The highest BCUT2D eigenvalue weighted by Gasteiger charge is 2.31. The van der Waals surface area contributed by atoms with Crippen LogP contribution < -0.4 is 5.32 Å². The van der Waals surface area contributed by atoms with E-state index in [2.05, 4.69) is 17.3 Å². The molecule has 0 spiro atoms. The minimum atomic E-state index is 0.632. The van der Waals surface area contributed by atoms with Gasteiger partial charge in [0.2, 0.25) is 0 Å². The molecule has 0 aromatic carbocycles. The van der Waals surface area contributed by atoms with Crippen LogP contribution in [0.25, 0.3) is 0 Å². The molecule has 1 unspecified atom stereocenters. The quantitative estimate of drug-likeness (QED) is 0.480. The van der Waals surface area contributed by atoms with E-state index < -0.39 is 0 Å². The summed E-state index contributed by atoms with van der Waals surface area (Å²) in [5.41, 5.74) is 1.24. The predicted molar refractivity (Wildman–Crippen MR) is 44.9 cm³/mol. The van der Waals surface area contributed by atoms with Crippen LogP contribution >= 0.6 is 0 Å². The summed E-state index contributed by atoms with van der Waals surface area (Å²) in [7, 11) is 0. The van der Waals surface area contributed by atoms with Gasteiger partial charge in [-0.2, -0.15) is 0 Å². The van der Waals surface area contributed by atoms with E-state index in [1.165, 1.54) is 31.3 Å². The van der Waals surface area contributed by atoms with E-state index in [4.69, 9.17) is 6.42 Å². The lowest BCUT2D eigenvalue weighted by molar-refractivity contribution is -0.693. The molecule has 1 heteroatoms. The Morgan fingerprint density at radius 2 is 2.36 bits per heavy atom. The van der Waals surface area contributed by atoms with Crippen LogP contribution in [0.2, 0.25) is 0 Å². The van der Waals surface area contributed by atoms with Gasteiger partial charge >= 0.3 is 0 Å². The van der Waals surface area contributed by atoms with E-state index in [1.807, 2.05) is 0 Å². The summed E-state index contributed by atoms with van der Waals surface area (Å²) in [5.74, 6) is 2.80. The molecule has 2 aliphatic rings. The maximum atomic E-state index is 5.42. The molecule has 0 aromatic rings. The first kappa shape index (κ1) is 6.94. The number of quaternary nitrogens is 1. The Morgan fingerprint density at radius 1 is 1.45 bits per heavy atom. The molecule has 2 rings (SSSR count). The molecular formula is C10H14N+. The van der Waals surface area contributed by atoms with Gasteiger partial charge in [-0.05, 0) is 6.42 Å². The minimum absolute atomic E-state index is 0.632. The van der Waals surface area contributed by atoms with E-state index in [0.29, 0.717) is 6.04 Å². The Bertz CT molecular complexity index is 222. The fourth-order valence-electron chi connectivity index (χ4n) is 2.18. The molecule has 1 fully saturated rings.